The number of hydrogen-bond donors (Lipinski definition) is 1. The Kier molecular flexibility index (Phi) is 6.47. The molecule has 0 aromatic heterocycles. The first-order valence-electron chi connectivity index (χ1n) is 11.3. The number of benzene rings is 2. The van der Waals surface area contributed by atoms with Gasteiger partial charge in [-0.25, -0.2) is 9.18 Å². The van der Waals surface area contributed by atoms with Gasteiger partial charge in [-0.3, -0.25) is 4.90 Å². The van der Waals surface area contributed by atoms with Crippen molar-refractivity contribution in [2.24, 2.45) is 0 Å². The van der Waals surface area contributed by atoms with Crippen LogP contribution in [0.3, 0.4) is 0 Å². The standard InChI is InChI=1S/C26H31ClFNO4/c1-24(2,3)33-23(31)29-25(17-32-16-18-7-9-20(27)10-8-18)11-13-26(29,14-12-25)22(30)19-5-4-6-21(28)15-19/h4-10,15,22,30H,11-14,16-17H2,1-3H3/t22-,25?,26?/m0/s1. The average molecular weight is 476 g/mol. The topological polar surface area (TPSA) is 59.0 Å². The molecule has 2 aliphatic heterocycles. The number of halogens is 2. The molecule has 5 nitrogen and oxygen atoms in total. The molecule has 0 saturated carbocycles. The van der Waals surface area contributed by atoms with Crippen LogP contribution >= 0.6 is 11.6 Å². The van der Waals surface area contributed by atoms with E-state index >= 15 is 0 Å². The summed E-state index contributed by atoms with van der Waals surface area (Å²) in [5, 5.41) is 12.1. The molecule has 2 saturated heterocycles. The highest BCUT2D eigenvalue weighted by Gasteiger charge is 2.66. The molecule has 2 aromatic rings. The Bertz CT molecular complexity index is 996. The number of aliphatic hydroxyl groups is 1. The van der Waals surface area contributed by atoms with Crippen molar-refractivity contribution in [2.75, 3.05) is 6.61 Å². The summed E-state index contributed by atoms with van der Waals surface area (Å²) in [7, 11) is 0. The Morgan fingerprint density at radius 1 is 1.15 bits per heavy atom. The third-order valence-corrected chi connectivity index (χ3v) is 7.02. The Morgan fingerprint density at radius 2 is 1.82 bits per heavy atom. The maximum absolute atomic E-state index is 13.9. The van der Waals surface area contributed by atoms with Gasteiger partial charge in [0.25, 0.3) is 0 Å². The van der Waals surface area contributed by atoms with Crippen LogP contribution in [-0.2, 0) is 16.1 Å². The summed E-state index contributed by atoms with van der Waals surface area (Å²) in [5.41, 5.74) is -0.678. The van der Waals surface area contributed by atoms with Crippen molar-refractivity contribution in [1.82, 2.24) is 4.90 Å². The fraction of sp³-hybridized carbons (Fsp3) is 0.500. The first-order valence-corrected chi connectivity index (χ1v) is 11.7. The molecule has 33 heavy (non-hydrogen) atoms. The van der Waals surface area contributed by atoms with Crippen molar-refractivity contribution in [1.29, 1.82) is 0 Å². The molecule has 1 N–H and O–H groups in total. The number of carbonyl (C=O) groups excluding carboxylic acids is 1. The van der Waals surface area contributed by atoms with Gasteiger partial charge in [0.1, 0.15) is 17.5 Å². The van der Waals surface area contributed by atoms with Crippen molar-refractivity contribution in [3.8, 4) is 0 Å². The van der Waals surface area contributed by atoms with Gasteiger partial charge in [0.15, 0.2) is 0 Å². The second-order valence-corrected chi connectivity index (χ2v) is 10.7. The van der Waals surface area contributed by atoms with Gasteiger partial charge in [0, 0.05) is 5.02 Å². The van der Waals surface area contributed by atoms with E-state index in [0.717, 1.165) is 5.56 Å². The summed E-state index contributed by atoms with van der Waals surface area (Å²) in [4.78, 5) is 15.2. The Labute approximate surface area is 199 Å². The fourth-order valence-corrected chi connectivity index (χ4v) is 5.41. The van der Waals surface area contributed by atoms with Crippen molar-refractivity contribution >= 4 is 17.7 Å². The molecule has 2 fully saturated rings. The third-order valence-electron chi connectivity index (χ3n) is 6.77. The van der Waals surface area contributed by atoms with Gasteiger partial charge in [-0.1, -0.05) is 35.9 Å². The van der Waals surface area contributed by atoms with Crippen molar-refractivity contribution in [2.45, 2.75) is 75.8 Å². The zero-order chi connectivity index (χ0) is 23.9. The summed E-state index contributed by atoms with van der Waals surface area (Å²) in [6, 6.07) is 13.4. The number of ether oxygens (including phenoxy) is 2. The molecular formula is C26H31ClFNO4. The van der Waals surface area contributed by atoms with Crippen LogP contribution < -0.4 is 0 Å². The van der Waals surface area contributed by atoms with Crippen LogP contribution in [0.25, 0.3) is 0 Å². The van der Waals surface area contributed by atoms with Gasteiger partial charge >= 0.3 is 6.09 Å². The van der Waals surface area contributed by atoms with Crippen molar-refractivity contribution in [3.63, 3.8) is 0 Å². The number of aliphatic hydroxyl groups excluding tert-OH is 1. The smallest absolute Gasteiger partial charge is 0.411 e. The quantitative estimate of drug-likeness (QED) is 0.554. The van der Waals surface area contributed by atoms with E-state index in [-0.39, 0.29) is 0 Å². The fourth-order valence-electron chi connectivity index (χ4n) is 5.28. The van der Waals surface area contributed by atoms with Crippen molar-refractivity contribution < 1.29 is 23.8 Å². The van der Waals surface area contributed by atoms with Crippen LogP contribution in [-0.4, -0.2) is 39.4 Å². The monoisotopic (exact) mass is 475 g/mol. The average Bonchev–Trinajstić information content (AvgIpc) is 3.25. The molecule has 2 bridgehead atoms. The van der Waals surface area contributed by atoms with E-state index in [1.165, 1.54) is 12.1 Å². The van der Waals surface area contributed by atoms with E-state index in [0.29, 0.717) is 49.5 Å². The van der Waals surface area contributed by atoms with Crippen LogP contribution in [0, 0.1) is 5.82 Å². The van der Waals surface area contributed by atoms with Crippen LogP contribution in [0.2, 0.25) is 5.02 Å². The number of nitrogens with zero attached hydrogens (tertiary/aromatic N) is 1. The van der Waals surface area contributed by atoms with E-state index in [2.05, 4.69) is 0 Å². The molecule has 1 atom stereocenters. The minimum atomic E-state index is -1.03. The van der Waals surface area contributed by atoms with Crippen molar-refractivity contribution in [3.05, 3.63) is 70.5 Å². The lowest BCUT2D eigenvalue weighted by molar-refractivity contribution is -0.0541. The highest BCUT2D eigenvalue weighted by atomic mass is 35.5. The predicted molar refractivity (Wildman–Crippen MR) is 124 cm³/mol. The second kappa shape index (κ2) is 8.90. The molecule has 1 amide bonds. The first-order chi connectivity index (χ1) is 15.5. The maximum Gasteiger partial charge on any atom is 0.411 e. The maximum atomic E-state index is 13.9. The molecule has 2 aromatic carbocycles. The van der Waals surface area contributed by atoms with Gasteiger partial charge in [-0.15, -0.1) is 0 Å². The minimum absolute atomic E-state index is 0.326. The molecule has 2 aliphatic rings. The van der Waals surface area contributed by atoms with E-state index in [1.807, 2.05) is 45.0 Å². The van der Waals surface area contributed by atoms with Crippen LogP contribution in [0.4, 0.5) is 9.18 Å². The summed E-state index contributed by atoms with van der Waals surface area (Å²) < 4.78 is 25.8. The number of carbonyl (C=O) groups is 1. The zero-order valence-corrected chi connectivity index (χ0v) is 20.1. The highest BCUT2D eigenvalue weighted by Crippen LogP contribution is 2.58. The molecule has 0 aliphatic carbocycles. The number of rotatable bonds is 6. The lowest BCUT2D eigenvalue weighted by atomic mass is 9.77. The summed E-state index contributed by atoms with van der Waals surface area (Å²) in [6.07, 6.45) is 1.05. The molecule has 7 heteroatoms. The zero-order valence-electron chi connectivity index (χ0n) is 19.3. The van der Waals surface area contributed by atoms with Crippen LogP contribution in [0.5, 0.6) is 0 Å². The third kappa shape index (κ3) is 4.75. The normalized spacial score (nSPS) is 25.3. The lowest BCUT2D eigenvalue weighted by Crippen LogP contribution is -2.56. The molecular weight excluding hydrogens is 445 g/mol. The molecule has 2 heterocycles. The summed E-state index contributed by atoms with van der Waals surface area (Å²) in [6.45, 7) is 6.18. The van der Waals surface area contributed by atoms with E-state index in [4.69, 9.17) is 21.1 Å². The molecule has 0 unspecified atom stereocenters. The minimum Gasteiger partial charge on any atom is -0.444 e. The van der Waals surface area contributed by atoms with E-state index in [1.54, 1.807) is 17.0 Å². The van der Waals surface area contributed by atoms with E-state index in [9.17, 15) is 14.3 Å². The SMILES string of the molecule is CC(C)(C)OC(=O)N1C2(COCc3ccc(Cl)cc3)CCC1([C@@H](O)c1cccc(F)c1)CC2. The van der Waals surface area contributed by atoms with Gasteiger partial charge in [-0.2, -0.15) is 0 Å². The Morgan fingerprint density at radius 3 is 2.42 bits per heavy atom. The van der Waals surface area contributed by atoms with Gasteiger partial charge in [0.05, 0.1) is 24.3 Å². The molecule has 4 rings (SSSR count). The summed E-state index contributed by atoms with van der Waals surface area (Å²) in [5.74, 6) is -0.416. The van der Waals surface area contributed by atoms with Gasteiger partial charge in [0.2, 0.25) is 0 Å². The van der Waals surface area contributed by atoms with Crippen LogP contribution in [0.1, 0.15) is 63.7 Å². The van der Waals surface area contributed by atoms with E-state index < -0.39 is 34.7 Å². The first kappa shape index (κ1) is 24.0. The van der Waals surface area contributed by atoms with Crippen LogP contribution in [0.15, 0.2) is 48.5 Å². The number of amides is 1. The molecule has 0 radical (unpaired) electrons. The Balaban J connectivity index is 1.60. The largest absolute Gasteiger partial charge is 0.444 e. The number of fused-ring (bicyclic) bond motifs is 2. The van der Waals surface area contributed by atoms with Gasteiger partial charge < -0.3 is 14.6 Å². The Hall–Kier alpha value is -2.15. The number of hydrogen-bond acceptors (Lipinski definition) is 4. The molecule has 178 valence electrons. The highest BCUT2D eigenvalue weighted by molar-refractivity contribution is 6.30. The second-order valence-electron chi connectivity index (χ2n) is 10.2. The molecule has 0 spiro atoms. The van der Waals surface area contributed by atoms with Gasteiger partial charge in [-0.05, 0) is 81.8 Å². The summed E-state index contributed by atoms with van der Waals surface area (Å²) >= 11 is 5.97. The lowest BCUT2D eigenvalue weighted by Gasteiger charge is -2.42. The predicted octanol–water partition coefficient (Wildman–Crippen LogP) is 6.03.